The standard InChI is InChI=1S/C22H38N8O6/c1-12(2)7-16(29-19(32)14(24)9-18(25)31)20(33)30-17(8-13-10-26-11-27-13)21(34)28-15(22(35)36)5-3-4-6-23/h10-12,14-17H,3-9,23-24H2,1-2H3,(H2,25,31)(H,26,27)(H,28,34)(H,29,32)(H,30,33)(H,35,36). The van der Waals surface area contributed by atoms with Crippen molar-refractivity contribution >= 4 is 29.6 Å². The molecule has 0 saturated carbocycles. The summed E-state index contributed by atoms with van der Waals surface area (Å²) in [5.74, 6) is -4.11. The number of carboxylic acids is 1. The highest BCUT2D eigenvalue weighted by Crippen LogP contribution is 2.08. The molecule has 14 heteroatoms. The quantitative estimate of drug-likeness (QED) is 0.106. The van der Waals surface area contributed by atoms with E-state index in [1.165, 1.54) is 12.5 Å². The number of aromatic nitrogens is 2. The number of primary amides is 1. The van der Waals surface area contributed by atoms with E-state index < -0.39 is 60.2 Å². The van der Waals surface area contributed by atoms with Crippen LogP contribution in [0, 0.1) is 5.92 Å². The van der Waals surface area contributed by atoms with E-state index in [9.17, 15) is 29.1 Å². The van der Waals surface area contributed by atoms with Gasteiger partial charge in [-0.3, -0.25) is 19.2 Å². The first-order chi connectivity index (χ1) is 16.9. The zero-order valence-corrected chi connectivity index (χ0v) is 20.7. The minimum Gasteiger partial charge on any atom is -0.480 e. The molecule has 0 aliphatic rings. The number of hydrogen-bond acceptors (Lipinski definition) is 8. The second-order valence-electron chi connectivity index (χ2n) is 8.99. The summed E-state index contributed by atoms with van der Waals surface area (Å²) in [5.41, 5.74) is 16.8. The molecule has 1 heterocycles. The summed E-state index contributed by atoms with van der Waals surface area (Å²) >= 11 is 0. The van der Waals surface area contributed by atoms with Crippen LogP contribution in [0.2, 0.25) is 0 Å². The van der Waals surface area contributed by atoms with Gasteiger partial charge in [0.05, 0.1) is 18.8 Å². The molecule has 0 fully saturated rings. The molecule has 1 rings (SSSR count). The summed E-state index contributed by atoms with van der Waals surface area (Å²) in [6.07, 6.45) is 3.97. The highest BCUT2D eigenvalue weighted by molar-refractivity contribution is 5.95. The van der Waals surface area contributed by atoms with E-state index >= 15 is 0 Å². The third-order valence-corrected chi connectivity index (χ3v) is 5.27. The van der Waals surface area contributed by atoms with Crippen LogP contribution in [0.25, 0.3) is 0 Å². The average molecular weight is 511 g/mol. The zero-order valence-electron chi connectivity index (χ0n) is 20.7. The Morgan fingerprint density at radius 3 is 2.14 bits per heavy atom. The predicted octanol–water partition coefficient (Wildman–Crippen LogP) is -2.13. The molecule has 0 aliphatic carbocycles. The summed E-state index contributed by atoms with van der Waals surface area (Å²) in [6, 6.07) is -4.63. The van der Waals surface area contributed by atoms with Gasteiger partial charge in [-0.1, -0.05) is 13.8 Å². The van der Waals surface area contributed by atoms with Gasteiger partial charge in [-0.05, 0) is 38.1 Å². The number of nitrogens with one attached hydrogen (secondary N) is 4. The van der Waals surface area contributed by atoms with Crippen LogP contribution in [0.3, 0.4) is 0 Å². The fraction of sp³-hybridized carbons (Fsp3) is 0.636. The molecule has 11 N–H and O–H groups in total. The smallest absolute Gasteiger partial charge is 0.326 e. The van der Waals surface area contributed by atoms with Crippen LogP contribution in [-0.4, -0.2) is 75.4 Å². The molecule has 202 valence electrons. The molecule has 0 aliphatic heterocycles. The number of H-pyrrole nitrogens is 1. The normalized spacial score (nSPS) is 14.4. The van der Waals surface area contributed by atoms with Crippen molar-refractivity contribution in [3.8, 4) is 0 Å². The number of carbonyl (C=O) groups excluding carboxylic acids is 4. The number of unbranched alkanes of at least 4 members (excludes halogenated alkanes) is 1. The van der Waals surface area contributed by atoms with Crippen molar-refractivity contribution in [2.24, 2.45) is 23.1 Å². The SMILES string of the molecule is CC(C)CC(NC(=O)C(N)CC(N)=O)C(=O)NC(Cc1cnc[nH]1)C(=O)NC(CCCCN)C(=O)O. The number of carboxylic acid groups (broad SMARTS) is 1. The molecule has 0 aromatic carbocycles. The van der Waals surface area contributed by atoms with Gasteiger partial charge in [-0.2, -0.15) is 0 Å². The lowest BCUT2D eigenvalue weighted by Crippen LogP contribution is -2.58. The highest BCUT2D eigenvalue weighted by Gasteiger charge is 2.31. The number of rotatable bonds is 17. The third kappa shape index (κ3) is 11.3. The minimum absolute atomic E-state index is 0.00372. The number of hydrogen-bond donors (Lipinski definition) is 8. The Balaban J connectivity index is 3.04. The van der Waals surface area contributed by atoms with Crippen LogP contribution < -0.4 is 33.2 Å². The number of nitrogens with zero attached hydrogens (tertiary/aromatic N) is 1. The van der Waals surface area contributed by atoms with E-state index in [1.54, 1.807) is 0 Å². The first kappa shape index (κ1) is 30.5. The van der Waals surface area contributed by atoms with E-state index in [4.69, 9.17) is 17.2 Å². The van der Waals surface area contributed by atoms with Crippen LogP contribution in [0.1, 0.15) is 51.6 Å². The van der Waals surface area contributed by atoms with E-state index in [-0.39, 0.29) is 25.2 Å². The molecule has 1 aromatic rings. The Morgan fingerprint density at radius 1 is 1.00 bits per heavy atom. The van der Waals surface area contributed by atoms with E-state index in [0.29, 0.717) is 25.1 Å². The molecular formula is C22H38N8O6. The minimum atomic E-state index is -1.24. The lowest BCUT2D eigenvalue weighted by Gasteiger charge is -2.26. The maximum Gasteiger partial charge on any atom is 0.326 e. The third-order valence-electron chi connectivity index (χ3n) is 5.27. The van der Waals surface area contributed by atoms with E-state index in [2.05, 4.69) is 25.9 Å². The molecule has 0 saturated heterocycles. The van der Waals surface area contributed by atoms with Crippen LogP contribution in [-0.2, 0) is 30.4 Å². The van der Waals surface area contributed by atoms with Crippen molar-refractivity contribution in [3.05, 3.63) is 18.2 Å². The van der Waals surface area contributed by atoms with Gasteiger partial charge >= 0.3 is 5.97 Å². The van der Waals surface area contributed by atoms with Crippen LogP contribution >= 0.6 is 0 Å². The number of aromatic amines is 1. The number of nitrogens with two attached hydrogens (primary N) is 3. The van der Waals surface area contributed by atoms with Crippen LogP contribution in [0.4, 0.5) is 0 Å². The topological polar surface area (TPSA) is 248 Å². The number of aliphatic carboxylic acids is 1. The molecule has 4 amide bonds. The van der Waals surface area contributed by atoms with Gasteiger partial charge in [0.25, 0.3) is 0 Å². The Kier molecular flexibility index (Phi) is 13.1. The fourth-order valence-electron chi connectivity index (χ4n) is 3.41. The van der Waals surface area contributed by atoms with Crippen LogP contribution in [0.15, 0.2) is 12.5 Å². The molecule has 4 atom stereocenters. The van der Waals surface area contributed by atoms with Gasteiger partial charge in [-0.25, -0.2) is 9.78 Å². The van der Waals surface area contributed by atoms with Crippen molar-refractivity contribution in [1.29, 1.82) is 0 Å². The Hall–Kier alpha value is -3.52. The maximum absolute atomic E-state index is 13.1. The monoisotopic (exact) mass is 510 g/mol. The average Bonchev–Trinajstić information content (AvgIpc) is 3.29. The Labute approximate surface area is 209 Å². The first-order valence-corrected chi connectivity index (χ1v) is 11.8. The molecule has 1 aromatic heterocycles. The number of amides is 4. The second-order valence-corrected chi connectivity index (χ2v) is 8.99. The summed E-state index contributed by atoms with van der Waals surface area (Å²) < 4.78 is 0. The molecule has 0 bridgehead atoms. The van der Waals surface area contributed by atoms with Gasteiger partial charge in [0, 0.05) is 18.3 Å². The van der Waals surface area contributed by atoms with Crippen molar-refractivity contribution in [3.63, 3.8) is 0 Å². The van der Waals surface area contributed by atoms with Crippen LogP contribution in [0.5, 0.6) is 0 Å². The zero-order chi connectivity index (χ0) is 27.3. The van der Waals surface area contributed by atoms with Crippen molar-refractivity contribution < 1.29 is 29.1 Å². The van der Waals surface area contributed by atoms with Gasteiger partial charge in [0.15, 0.2) is 0 Å². The summed E-state index contributed by atoms with van der Waals surface area (Å²) in [5, 5.41) is 17.1. The summed E-state index contributed by atoms with van der Waals surface area (Å²) in [7, 11) is 0. The number of imidazole rings is 1. The van der Waals surface area contributed by atoms with Gasteiger partial charge in [-0.15, -0.1) is 0 Å². The molecule has 0 spiro atoms. The first-order valence-electron chi connectivity index (χ1n) is 11.8. The lowest BCUT2D eigenvalue weighted by atomic mass is 10.0. The molecule has 14 nitrogen and oxygen atoms in total. The highest BCUT2D eigenvalue weighted by atomic mass is 16.4. The lowest BCUT2D eigenvalue weighted by molar-refractivity contribution is -0.142. The second kappa shape index (κ2) is 15.5. The largest absolute Gasteiger partial charge is 0.480 e. The van der Waals surface area contributed by atoms with Gasteiger partial charge in [0.2, 0.25) is 23.6 Å². The predicted molar refractivity (Wildman–Crippen MR) is 130 cm³/mol. The number of carbonyl (C=O) groups is 5. The Bertz CT molecular complexity index is 876. The van der Waals surface area contributed by atoms with Gasteiger partial charge in [0.1, 0.15) is 18.1 Å². The van der Waals surface area contributed by atoms with Crippen molar-refractivity contribution in [1.82, 2.24) is 25.9 Å². The van der Waals surface area contributed by atoms with E-state index in [1.807, 2.05) is 13.8 Å². The Morgan fingerprint density at radius 2 is 1.61 bits per heavy atom. The summed E-state index contributed by atoms with van der Waals surface area (Å²) in [4.78, 5) is 68.0. The molecule has 36 heavy (non-hydrogen) atoms. The maximum atomic E-state index is 13.1. The van der Waals surface area contributed by atoms with Gasteiger partial charge < -0.3 is 43.2 Å². The molecule has 4 unspecified atom stereocenters. The van der Waals surface area contributed by atoms with Crippen molar-refractivity contribution in [2.45, 2.75) is 76.5 Å². The molecule has 0 radical (unpaired) electrons. The van der Waals surface area contributed by atoms with Crippen molar-refractivity contribution in [2.75, 3.05) is 6.54 Å². The van der Waals surface area contributed by atoms with E-state index in [0.717, 1.165) is 0 Å². The fourth-order valence-corrected chi connectivity index (χ4v) is 3.41. The molecular weight excluding hydrogens is 472 g/mol. The summed E-state index contributed by atoms with van der Waals surface area (Å²) in [6.45, 7) is 4.07.